The first-order valence-electron chi connectivity index (χ1n) is 3.90. The average Bonchev–Trinajstić information content (AvgIpc) is 1.92. The first-order valence-corrected chi connectivity index (χ1v) is 4.28. The molecular formula is C10H13ClO. The number of benzene rings is 1. The summed E-state index contributed by atoms with van der Waals surface area (Å²) in [5.74, 6) is 0. The molecule has 0 atom stereocenters. The first-order chi connectivity index (χ1) is 5.41. The van der Waals surface area contributed by atoms with Crippen LogP contribution >= 0.6 is 11.6 Å². The normalized spacial score (nSPS) is 11.8. The van der Waals surface area contributed by atoms with Crippen LogP contribution in [0, 0.1) is 6.92 Å². The molecule has 0 unspecified atom stereocenters. The SMILES string of the molecule is Cc1ccc(C(C)(C)O)cc1Cl. The number of hydrogen-bond acceptors (Lipinski definition) is 1. The lowest BCUT2D eigenvalue weighted by Gasteiger charge is -2.18. The molecule has 1 rings (SSSR count). The van der Waals surface area contributed by atoms with Gasteiger partial charge in [0.05, 0.1) is 5.60 Å². The molecule has 0 bridgehead atoms. The van der Waals surface area contributed by atoms with Gasteiger partial charge in [0.25, 0.3) is 0 Å². The van der Waals surface area contributed by atoms with Crippen molar-refractivity contribution in [3.05, 3.63) is 34.3 Å². The molecule has 0 radical (unpaired) electrons. The van der Waals surface area contributed by atoms with Crippen LogP contribution in [-0.2, 0) is 5.60 Å². The summed E-state index contributed by atoms with van der Waals surface area (Å²) >= 11 is 5.91. The van der Waals surface area contributed by atoms with Gasteiger partial charge in [0.1, 0.15) is 0 Å². The smallest absolute Gasteiger partial charge is 0.0841 e. The maximum atomic E-state index is 9.65. The third-order valence-corrected chi connectivity index (χ3v) is 2.29. The van der Waals surface area contributed by atoms with Gasteiger partial charge in [-0.25, -0.2) is 0 Å². The maximum Gasteiger partial charge on any atom is 0.0841 e. The Bertz CT molecular complexity index is 286. The van der Waals surface area contributed by atoms with Gasteiger partial charge in [0, 0.05) is 5.02 Å². The summed E-state index contributed by atoms with van der Waals surface area (Å²) in [6.45, 7) is 5.43. The lowest BCUT2D eigenvalue weighted by molar-refractivity contribution is 0.0786. The molecule has 66 valence electrons. The summed E-state index contributed by atoms with van der Waals surface area (Å²) in [6, 6.07) is 5.60. The van der Waals surface area contributed by atoms with E-state index in [-0.39, 0.29) is 0 Å². The van der Waals surface area contributed by atoms with Crippen LogP contribution in [0.5, 0.6) is 0 Å². The minimum absolute atomic E-state index is 0.703. The Hall–Kier alpha value is -0.530. The second-order valence-electron chi connectivity index (χ2n) is 3.52. The van der Waals surface area contributed by atoms with Crippen molar-refractivity contribution in [3.63, 3.8) is 0 Å². The van der Waals surface area contributed by atoms with Crippen LogP contribution < -0.4 is 0 Å². The number of aliphatic hydroxyl groups is 1. The summed E-state index contributed by atoms with van der Waals surface area (Å²) < 4.78 is 0. The molecule has 0 spiro atoms. The van der Waals surface area contributed by atoms with Crippen molar-refractivity contribution in [2.45, 2.75) is 26.4 Å². The van der Waals surface area contributed by atoms with E-state index in [4.69, 9.17) is 11.6 Å². The number of rotatable bonds is 1. The quantitative estimate of drug-likeness (QED) is 0.712. The highest BCUT2D eigenvalue weighted by Crippen LogP contribution is 2.24. The van der Waals surface area contributed by atoms with Gasteiger partial charge in [-0.05, 0) is 38.0 Å². The van der Waals surface area contributed by atoms with Crippen molar-refractivity contribution in [1.29, 1.82) is 0 Å². The molecule has 0 saturated carbocycles. The van der Waals surface area contributed by atoms with Gasteiger partial charge < -0.3 is 5.11 Å². The predicted molar refractivity (Wildman–Crippen MR) is 51.4 cm³/mol. The average molecular weight is 185 g/mol. The number of halogens is 1. The zero-order chi connectivity index (χ0) is 9.35. The van der Waals surface area contributed by atoms with Crippen LogP contribution in [0.1, 0.15) is 25.0 Å². The van der Waals surface area contributed by atoms with Gasteiger partial charge in [-0.1, -0.05) is 23.7 Å². The molecule has 1 nitrogen and oxygen atoms in total. The molecule has 1 N–H and O–H groups in total. The Morgan fingerprint density at radius 1 is 1.33 bits per heavy atom. The molecule has 0 aromatic heterocycles. The van der Waals surface area contributed by atoms with Crippen molar-refractivity contribution >= 4 is 11.6 Å². The Labute approximate surface area is 78.0 Å². The van der Waals surface area contributed by atoms with Crippen molar-refractivity contribution in [3.8, 4) is 0 Å². The molecule has 0 heterocycles. The van der Waals surface area contributed by atoms with Gasteiger partial charge in [-0.2, -0.15) is 0 Å². The van der Waals surface area contributed by atoms with Crippen LogP contribution in [0.4, 0.5) is 0 Å². The molecule has 2 heteroatoms. The fraction of sp³-hybridized carbons (Fsp3) is 0.400. The van der Waals surface area contributed by atoms with Crippen LogP contribution in [0.25, 0.3) is 0 Å². The first kappa shape index (κ1) is 9.56. The van der Waals surface area contributed by atoms with Crippen molar-refractivity contribution in [2.75, 3.05) is 0 Å². The van der Waals surface area contributed by atoms with Crippen molar-refractivity contribution in [2.24, 2.45) is 0 Å². The molecular weight excluding hydrogens is 172 g/mol. The second kappa shape index (κ2) is 3.08. The van der Waals surface area contributed by atoms with Gasteiger partial charge in [-0.3, -0.25) is 0 Å². The summed E-state index contributed by atoms with van der Waals surface area (Å²) in [5, 5.41) is 10.3. The monoisotopic (exact) mass is 184 g/mol. The molecule has 1 aromatic carbocycles. The van der Waals surface area contributed by atoms with E-state index in [1.54, 1.807) is 19.9 Å². The van der Waals surface area contributed by atoms with Crippen LogP contribution in [0.2, 0.25) is 5.02 Å². The highest BCUT2D eigenvalue weighted by Gasteiger charge is 2.15. The largest absolute Gasteiger partial charge is 0.386 e. The van der Waals surface area contributed by atoms with E-state index in [9.17, 15) is 5.11 Å². The molecule has 1 aromatic rings. The van der Waals surface area contributed by atoms with Crippen LogP contribution in [0.15, 0.2) is 18.2 Å². The van der Waals surface area contributed by atoms with E-state index in [1.807, 2.05) is 19.1 Å². The zero-order valence-corrected chi connectivity index (χ0v) is 8.31. The van der Waals surface area contributed by atoms with Crippen LogP contribution in [-0.4, -0.2) is 5.11 Å². The van der Waals surface area contributed by atoms with Gasteiger partial charge >= 0.3 is 0 Å². The number of hydrogen-bond donors (Lipinski definition) is 1. The van der Waals surface area contributed by atoms with E-state index < -0.39 is 5.60 Å². The highest BCUT2D eigenvalue weighted by molar-refractivity contribution is 6.31. The lowest BCUT2D eigenvalue weighted by atomic mass is 9.98. The van der Waals surface area contributed by atoms with Crippen LogP contribution in [0.3, 0.4) is 0 Å². The molecule has 0 aliphatic rings. The predicted octanol–water partition coefficient (Wildman–Crippen LogP) is 2.88. The van der Waals surface area contributed by atoms with E-state index >= 15 is 0 Å². The molecule has 0 saturated heterocycles. The summed E-state index contributed by atoms with van der Waals surface area (Å²) in [6.07, 6.45) is 0. The van der Waals surface area contributed by atoms with Gasteiger partial charge in [0.15, 0.2) is 0 Å². The third kappa shape index (κ3) is 1.99. The topological polar surface area (TPSA) is 20.2 Å². The number of aryl methyl sites for hydroxylation is 1. The minimum Gasteiger partial charge on any atom is -0.386 e. The van der Waals surface area contributed by atoms with E-state index in [0.29, 0.717) is 5.02 Å². The fourth-order valence-corrected chi connectivity index (χ4v) is 1.15. The Morgan fingerprint density at radius 3 is 2.33 bits per heavy atom. The standard InChI is InChI=1S/C10H13ClO/c1-7-4-5-8(6-9(7)11)10(2,3)12/h4-6,12H,1-3H3. The van der Waals surface area contributed by atoms with Gasteiger partial charge in [0.2, 0.25) is 0 Å². The summed E-state index contributed by atoms with van der Waals surface area (Å²) in [7, 11) is 0. The molecule has 0 amide bonds. The van der Waals surface area contributed by atoms with Crippen molar-refractivity contribution < 1.29 is 5.11 Å². The summed E-state index contributed by atoms with van der Waals surface area (Å²) in [5.41, 5.74) is 1.07. The second-order valence-corrected chi connectivity index (χ2v) is 3.93. The third-order valence-electron chi connectivity index (χ3n) is 1.88. The van der Waals surface area contributed by atoms with Gasteiger partial charge in [-0.15, -0.1) is 0 Å². The van der Waals surface area contributed by atoms with E-state index in [2.05, 4.69) is 0 Å². The Kier molecular flexibility index (Phi) is 2.45. The molecule has 0 fully saturated rings. The highest BCUT2D eigenvalue weighted by atomic mass is 35.5. The Morgan fingerprint density at radius 2 is 1.92 bits per heavy atom. The Balaban J connectivity index is 3.14. The van der Waals surface area contributed by atoms with Crippen molar-refractivity contribution in [1.82, 2.24) is 0 Å². The molecule has 0 aliphatic carbocycles. The zero-order valence-electron chi connectivity index (χ0n) is 7.56. The maximum absolute atomic E-state index is 9.65. The van der Waals surface area contributed by atoms with E-state index in [1.165, 1.54) is 0 Å². The fourth-order valence-electron chi connectivity index (χ4n) is 0.973. The molecule has 12 heavy (non-hydrogen) atoms. The molecule has 0 aliphatic heterocycles. The lowest BCUT2D eigenvalue weighted by Crippen LogP contribution is -2.15. The summed E-state index contributed by atoms with van der Waals surface area (Å²) in [4.78, 5) is 0. The van der Waals surface area contributed by atoms with E-state index in [0.717, 1.165) is 11.1 Å². The minimum atomic E-state index is -0.808.